The SMILES string of the molecule is Cc1cccc(NC(=O)CN2C(=O)N[C@](C)(c3ccc(Cl)cc3)C2=O)c1. The average molecular weight is 372 g/mol. The van der Waals surface area contributed by atoms with Gasteiger partial charge in [0.2, 0.25) is 5.91 Å². The number of aryl methyl sites for hydroxylation is 1. The Bertz CT molecular complexity index is 882. The summed E-state index contributed by atoms with van der Waals surface area (Å²) in [6, 6.07) is 13.3. The molecule has 0 unspecified atom stereocenters. The minimum Gasteiger partial charge on any atom is -0.325 e. The predicted molar refractivity (Wildman–Crippen MR) is 98.9 cm³/mol. The van der Waals surface area contributed by atoms with Gasteiger partial charge in [0.05, 0.1) is 0 Å². The molecule has 2 aromatic carbocycles. The fourth-order valence-electron chi connectivity index (χ4n) is 2.89. The Morgan fingerprint density at radius 3 is 2.54 bits per heavy atom. The minimum atomic E-state index is -1.23. The van der Waals surface area contributed by atoms with Crippen LogP contribution in [0.25, 0.3) is 0 Å². The van der Waals surface area contributed by atoms with Gasteiger partial charge in [0.15, 0.2) is 0 Å². The van der Waals surface area contributed by atoms with Crippen LogP contribution in [0.5, 0.6) is 0 Å². The van der Waals surface area contributed by atoms with E-state index in [9.17, 15) is 14.4 Å². The molecule has 1 aliphatic rings. The van der Waals surface area contributed by atoms with Gasteiger partial charge in [0.1, 0.15) is 12.1 Å². The largest absolute Gasteiger partial charge is 0.325 e. The number of amides is 4. The second kappa shape index (κ2) is 6.80. The average Bonchev–Trinajstić information content (AvgIpc) is 2.79. The van der Waals surface area contributed by atoms with E-state index >= 15 is 0 Å². The molecule has 1 heterocycles. The Morgan fingerprint density at radius 1 is 1.19 bits per heavy atom. The van der Waals surface area contributed by atoms with Crippen LogP contribution in [0.15, 0.2) is 48.5 Å². The molecule has 0 radical (unpaired) electrons. The lowest BCUT2D eigenvalue weighted by Crippen LogP contribution is -2.42. The maximum Gasteiger partial charge on any atom is 0.325 e. The first-order chi connectivity index (χ1) is 12.3. The van der Waals surface area contributed by atoms with Crippen LogP contribution in [0.4, 0.5) is 10.5 Å². The summed E-state index contributed by atoms with van der Waals surface area (Å²) in [7, 11) is 0. The van der Waals surface area contributed by atoms with Crippen molar-refractivity contribution in [3.05, 3.63) is 64.7 Å². The Labute approximate surface area is 156 Å². The van der Waals surface area contributed by atoms with Gasteiger partial charge < -0.3 is 10.6 Å². The third-order valence-electron chi connectivity index (χ3n) is 4.30. The molecular formula is C19H18ClN3O3. The Kier molecular flexibility index (Phi) is 4.70. The molecule has 2 aromatic rings. The van der Waals surface area contributed by atoms with Crippen molar-refractivity contribution < 1.29 is 14.4 Å². The van der Waals surface area contributed by atoms with E-state index in [1.165, 1.54) is 0 Å². The van der Waals surface area contributed by atoms with Gasteiger partial charge in [-0.2, -0.15) is 0 Å². The van der Waals surface area contributed by atoms with E-state index in [-0.39, 0.29) is 6.54 Å². The summed E-state index contributed by atoms with van der Waals surface area (Å²) in [5.74, 6) is -0.927. The van der Waals surface area contributed by atoms with Gasteiger partial charge in [0, 0.05) is 10.7 Å². The van der Waals surface area contributed by atoms with Crippen molar-refractivity contribution >= 4 is 35.1 Å². The Hall–Kier alpha value is -2.86. The fraction of sp³-hybridized carbons (Fsp3) is 0.211. The van der Waals surface area contributed by atoms with Crippen molar-refractivity contribution in [1.29, 1.82) is 0 Å². The highest BCUT2D eigenvalue weighted by Gasteiger charge is 2.49. The van der Waals surface area contributed by atoms with Crippen LogP contribution in [-0.4, -0.2) is 29.3 Å². The number of urea groups is 1. The van der Waals surface area contributed by atoms with Gasteiger partial charge in [-0.25, -0.2) is 4.79 Å². The number of hydrogen-bond acceptors (Lipinski definition) is 3. The van der Waals surface area contributed by atoms with Gasteiger partial charge in [-0.05, 0) is 49.2 Å². The summed E-state index contributed by atoms with van der Waals surface area (Å²) in [5.41, 5.74) is 0.975. The number of hydrogen-bond donors (Lipinski definition) is 2. The summed E-state index contributed by atoms with van der Waals surface area (Å²) in [5, 5.41) is 5.88. The number of benzene rings is 2. The molecule has 1 saturated heterocycles. The molecular weight excluding hydrogens is 354 g/mol. The highest BCUT2D eigenvalue weighted by atomic mass is 35.5. The van der Waals surface area contributed by atoms with E-state index in [1.807, 2.05) is 25.1 Å². The summed E-state index contributed by atoms with van der Waals surface area (Å²) < 4.78 is 0. The zero-order valence-corrected chi connectivity index (χ0v) is 15.1. The molecule has 0 bridgehead atoms. The van der Waals surface area contributed by atoms with Crippen LogP contribution in [0.3, 0.4) is 0 Å². The fourth-order valence-corrected chi connectivity index (χ4v) is 3.01. The highest BCUT2D eigenvalue weighted by molar-refractivity contribution is 6.30. The number of anilines is 1. The maximum absolute atomic E-state index is 12.8. The van der Waals surface area contributed by atoms with Crippen molar-refractivity contribution in [2.45, 2.75) is 19.4 Å². The third-order valence-corrected chi connectivity index (χ3v) is 4.55. The van der Waals surface area contributed by atoms with Crippen LogP contribution in [-0.2, 0) is 15.1 Å². The Balaban J connectivity index is 1.74. The predicted octanol–water partition coefficient (Wildman–Crippen LogP) is 3.05. The monoisotopic (exact) mass is 371 g/mol. The first-order valence-electron chi connectivity index (χ1n) is 8.06. The van der Waals surface area contributed by atoms with E-state index in [0.717, 1.165) is 10.5 Å². The number of carbonyl (C=O) groups excluding carboxylic acids is 3. The van der Waals surface area contributed by atoms with Crippen LogP contribution < -0.4 is 10.6 Å². The van der Waals surface area contributed by atoms with Crippen LogP contribution in [0, 0.1) is 6.92 Å². The van der Waals surface area contributed by atoms with Gasteiger partial charge >= 0.3 is 6.03 Å². The second-order valence-corrected chi connectivity index (χ2v) is 6.81. The lowest BCUT2D eigenvalue weighted by atomic mass is 9.92. The van der Waals surface area contributed by atoms with Gasteiger partial charge in [-0.1, -0.05) is 35.9 Å². The number of carbonyl (C=O) groups is 3. The molecule has 0 aliphatic carbocycles. The summed E-state index contributed by atoms with van der Waals surface area (Å²) in [4.78, 5) is 38.2. The topological polar surface area (TPSA) is 78.5 Å². The van der Waals surface area contributed by atoms with Gasteiger partial charge in [-0.15, -0.1) is 0 Å². The quantitative estimate of drug-likeness (QED) is 0.811. The molecule has 0 saturated carbocycles. The number of halogens is 1. The van der Waals surface area contributed by atoms with Gasteiger partial charge in [0.25, 0.3) is 5.91 Å². The lowest BCUT2D eigenvalue weighted by molar-refractivity contribution is -0.133. The number of nitrogens with one attached hydrogen (secondary N) is 2. The second-order valence-electron chi connectivity index (χ2n) is 6.37. The Morgan fingerprint density at radius 2 is 1.88 bits per heavy atom. The molecule has 0 spiro atoms. The molecule has 3 rings (SSSR count). The van der Waals surface area contributed by atoms with E-state index in [0.29, 0.717) is 16.3 Å². The first kappa shape index (κ1) is 17.9. The minimum absolute atomic E-state index is 0.359. The molecule has 0 aromatic heterocycles. The highest BCUT2D eigenvalue weighted by Crippen LogP contribution is 2.29. The van der Waals surface area contributed by atoms with E-state index in [1.54, 1.807) is 37.3 Å². The molecule has 26 heavy (non-hydrogen) atoms. The molecule has 6 nitrogen and oxygen atoms in total. The first-order valence-corrected chi connectivity index (χ1v) is 8.44. The molecule has 2 N–H and O–H groups in total. The zero-order valence-electron chi connectivity index (χ0n) is 14.4. The number of rotatable bonds is 4. The standard InChI is InChI=1S/C19H18ClN3O3/c1-12-4-3-5-15(10-12)21-16(24)11-23-17(25)19(2,22-18(23)26)13-6-8-14(20)9-7-13/h3-10H,11H2,1-2H3,(H,21,24)(H,22,26)/t19-/m1/s1. The van der Waals surface area contributed by atoms with Crippen LogP contribution in [0.1, 0.15) is 18.1 Å². The molecule has 1 fully saturated rings. The van der Waals surface area contributed by atoms with Crippen LogP contribution >= 0.6 is 11.6 Å². The third kappa shape index (κ3) is 3.41. The van der Waals surface area contributed by atoms with Crippen LogP contribution in [0.2, 0.25) is 5.02 Å². The van der Waals surface area contributed by atoms with E-state index in [2.05, 4.69) is 10.6 Å². The van der Waals surface area contributed by atoms with E-state index < -0.39 is 23.4 Å². The van der Waals surface area contributed by atoms with E-state index in [4.69, 9.17) is 11.6 Å². The van der Waals surface area contributed by atoms with Crippen molar-refractivity contribution in [3.8, 4) is 0 Å². The smallest absolute Gasteiger partial charge is 0.325 e. The zero-order chi connectivity index (χ0) is 18.9. The molecule has 134 valence electrons. The summed E-state index contributed by atoms with van der Waals surface area (Å²) >= 11 is 5.88. The van der Waals surface area contributed by atoms with Gasteiger partial charge in [-0.3, -0.25) is 14.5 Å². The normalized spacial score (nSPS) is 19.4. The van der Waals surface area contributed by atoms with Crippen molar-refractivity contribution in [3.63, 3.8) is 0 Å². The van der Waals surface area contributed by atoms with Crippen molar-refractivity contribution in [2.24, 2.45) is 0 Å². The summed E-state index contributed by atoms with van der Waals surface area (Å²) in [6.07, 6.45) is 0. The number of nitrogens with zero attached hydrogens (tertiary/aromatic N) is 1. The maximum atomic E-state index is 12.8. The lowest BCUT2D eigenvalue weighted by Gasteiger charge is -2.22. The molecule has 1 atom stereocenters. The molecule has 1 aliphatic heterocycles. The van der Waals surface area contributed by atoms with Crippen molar-refractivity contribution in [2.75, 3.05) is 11.9 Å². The number of imide groups is 1. The molecule has 4 amide bonds. The molecule has 7 heteroatoms. The van der Waals surface area contributed by atoms with Crippen molar-refractivity contribution in [1.82, 2.24) is 10.2 Å². The summed E-state index contributed by atoms with van der Waals surface area (Å²) in [6.45, 7) is 3.15.